The van der Waals surface area contributed by atoms with E-state index in [2.05, 4.69) is 27.3 Å². The Morgan fingerprint density at radius 2 is 1.74 bits per heavy atom. The lowest BCUT2D eigenvalue weighted by molar-refractivity contribution is 0.242. The van der Waals surface area contributed by atoms with E-state index < -0.39 is 0 Å². The average Bonchev–Trinajstić information content (AvgIpc) is 3.44. The van der Waals surface area contributed by atoms with E-state index in [-0.39, 0.29) is 18.2 Å². The van der Waals surface area contributed by atoms with Gasteiger partial charge in [-0.05, 0) is 86.7 Å². The van der Waals surface area contributed by atoms with Crippen molar-refractivity contribution in [2.75, 3.05) is 4.90 Å². The van der Waals surface area contributed by atoms with Crippen LogP contribution in [0.5, 0.6) is 5.75 Å². The summed E-state index contributed by atoms with van der Waals surface area (Å²) < 4.78 is 12.2. The van der Waals surface area contributed by atoms with Crippen LogP contribution in [-0.2, 0) is 0 Å². The molecule has 172 valence electrons. The number of furan rings is 1. The van der Waals surface area contributed by atoms with Gasteiger partial charge >= 0.3 is 0 Å². The van der Waals surface area contributed by atoms with Crippen molar-refractivity contribution >= 4 is 34.8 Å². The zero-order chi connectivity index (χ0) is 23.5. The largest absolute Gasteiger partial charge is 0.491 e. The van der Waals surface area contributed by atoms with E-state index in [1.807, 2.05) is 86.6 Å². The predicted octanol–water partition coefficient (Wildman–Crippen LogP) is 6.79. The molecule has 0 unspecified atom stereocenters. The predicted molar refractivity (Wildman–Crippen MR) is 139 cm³/mol. The molecule has 0 amide bonds. The zero-order valence-corrected chi connectivity index (χ0v) is 20.6. The highest BCUT2D eigenvalue weighted by atomic mass is 32.2. The van der Waals surface area contributed by atoms with Crippen LogP contribution >= 0.6 is 24.0 Å². The Bertz CT molecular complexity index is 1240. The van der Waals surface area contributed by atoms with Crippen molar-refractivity contribution in [2.24, 2.45) is 0 Å². The van der Waals surface area contributed by atoms with Gasteiger partial charge in [0.25, 0.3) is 0 Å². The first-order chi connectivity index (χ1) is 16.6. The van der Waals surface area contributed by atoms with E-state index in [1.165, 1.54) is 0 Å². The molecule has 2 aromatic carbocycles. The Balaban J connectivity index is 1.50. The van der Waals surface area contributed by atoms with Crippen LogP contribution in [0.1, 0.15) is 37.4 Å². The Labute approximate surface area is 209 Å². The minimum absolute atomic E-state index is 0.116. The maximum absolute atomic E-state index is 6.37. The third kappa shape index (κ3) is 4.81. The molecule has 1 aliphatic rings. The van der Waals surface area contributed by atoms with Crippen LogP contribution in [0.15, 0.2) is 106 Å². The van der Waals surface area contributed by atoms with Crippen molar-refractivity contribution in [3.8, 4) is 5.75 Å². The molecule has 0 aliphatic carbocycles. The Morgan fingerprint density at radius 1 is 0.971 bits per heavy atom. The van der Waals surface area contributed by atoms with Crippen molar-refractivity contribution in [3.05, 3.63) is 103 Å². The van der Waals surface area contributed by atoms with Crippen LogP contribution in [0.3, 0.4) is 0 Å². The maximum atomic E-state index is 6.37. The molecule has 5 nitrogen and oxygen atoms in total. The number of anilines is 1. The summed E-state index contributed by atoms with van der Waals surface area (Å²) in [5.41, 5.74) is 1.87. The number of benzene rings is 2. The summed E-state index contributed by atoms with van der Waals surface area (Å²) in [7, 11) is 0. The van der Waals surface area contributed by atoms with Gasteiger partial charge < -0.3 is 19.4 Å². The highest BCUT2D eigenvalue weighted by Crippen LogP contribution is 2.43. The normalized spacial score (nSPS) is 17.7. The molecular formula is C27H25N3O2S2. The molecule has 2 aromatic heterocycles. The molecule has 4 aromatic rings. The van der Waals surface area contributed by atoms with Crippen molar-refractivity contribution in [3.63, 3.8) is 0 Å². The minimum Gasteiger partial charge on any atom is -0.491 e. The molecule has 1 saturated heterocycles. The molecule has 0 radical (unpaired) electrons. The SMILES string of the molecule is CC(C)Oc1ccc(N2C(=S)N[C@H](c3ccccn3)[C@@H]2c2ccc(Sc3ccccc3)o2)cc1. The number of pyridine rings is 1. The van der Waals surface area contributed by atoms with Gasteiger partial charge in [0.2, 0.25) is 0 Å². The topological polar surface area (TPSA) is 50.5 Å². The number of nitrogens with zero attached hydrogens (tertiary/aromatic N) is 2. The fraction of sp³-hybridized carbons (Fsp3) is 0.185. The lowest BCUT2D eigenvalue weighted by Gasteiger charge is -2.26. The minimum atomic E-state index is -0.190. The molecule has 1 N–H and O–H groups in total. The van der Waals surface area contributed by atoms with Crippen molar-refractivity contribution in [1.29, 1.82) is 0 Å². The number of thiocarbonyl (C=S) groups is 1. The standard InChI is InChI=1S/C27H25N3O2S2/c1-18(2)31-20-13-11-19(12-14-20)30-26(25(29-27(30)33)22-10-6-7-17-28-22)23-15-16-24(32-23)34-21-8-4-3-5-9-21/h3-18,25-26H,1-2H3,(H,29,33)/t25-,26+/m1/s1. The van der Waals surface area contributed by atoms with Gasteiger partial charge in [0.1, 0.15) is 17.6 Å². The van der Waals surface area contributed by atoms with Gasteiger partial charge in [-0.3, -0.25) is 4.98 Å². The van der Waals surface area contributed by atoms with Crippen LogP contribution in [0, 0.1) is 0 Å². The van der Waals surface area contributed by atoms with Crippen LogP contribution in [0.2, 0.25) is 0 Å². The molecule has 3 heterocycles. The van der Waals surface area contributed by atoms with Gasteiger partial charge in [0, 0.05) is 16.8 Å². The van der Waals surface area contributed by atoms with Gasteiger partial charge in [-0.15, -0.1) is 0 Å². The van der Waals surface area contributed by atoms with E-state index in [9.17, 15) is 0 Å². The summed E-state index contributed by atoms with van der Waals surface area (Å²) in [5.74, 6) is 1.65. The number of aromatic nitrogens is 1. The molecule has 0 spiro atoms. The number of rotatable bonds is 7. The summed E-state index contributed by atoms with van der Waals surface area (Å²) in [4.78, 5) is 7.83. The molecular weight excluding hydrogens is 462 g/mol. The first-order valence-electron chi connectivity index (χ1n) is 11.2. The first-order valence-corrected chi connectivity index (χ1v) is 12.4. The Morgan fingerprint density at radius 3 is 2.44 bits per heavy atom. The summed E-state index contributed by atoms with van der Waals surface area (Å²) >= 11 is 7.40. The van der Waals surface area contributed by atoms with Gasteiger partial charge in [0.05, 0.1) is 17.8 Å². The third-order valence-corrected chi connectivity index (χ3v) is 6.68. The van der Waals surface area contributed by atoms with E-state index in [0.717, 1.165) is 32.9 Å². The quantitative estimate of drug-likeness (QED) is 0.288. The Hall–Kier alpha value is -3.29. The summed E-state index contributed by atoms with van der Waals surface area (Å²) in [5, 5.41) is 4.93. The van der Waals surface area contributed by atoms with Gasteiger partial charge in [-0.2, -0.15) is 0 Å². The third-order valence-electron chi connectivity index (χ3n) is 5.44. The van der Waals surface area contributed by atoms with E-state index in [1.54, 1.807) is 18.0 Å². The average molecular weight is 488 g/mol. The molecule has 1 fully saturated rings. The van der Waals surface area contributed by atoms with Gasteiger partial charge in [-0.1, -0.05) is 36.0 Å². The van der Waals surface area contributed by atoms with Crippen LogP contribution in [0.25, 0.3) is 0 Å². The van der Waals surface area contributed by atoms with Gasteiger partial charge in [-0.25, -0.2) is 0 Å². The second kappa shape index (κ2) is 9.91. The summed E-state index contributed by atoms with van der Waals surface area (Å²) in [6, 6.07) is 27.8. The van der Waals surface area contributed by atoms with E-state index >= 15 is 0 Å². The second-order valence-electron chi connectivity index (χ2n) is 8.23. The van der Waals surface area contributed by atoms with Crippen molar-refractivity contribution < 1.29 is 9.15 Å². The summed E-state index contributed by atoms with van der Waals surface area (Å²) in [6.07, 6.45) is 1.92. The number of nitrogens with one attached hydrogen (secondary N) is 1. The molecule has 5 rings (SSSR count). The molecule has 0 saturated carbocycles. The second-order valence-corrected chi connectivity index (χ2v) is 9.69. The van der Waals surface area contributed by atoms with Gasteiger partial charge in [0.15, 0.2) is 10.2 Å². The van der Waals surface area contributed by atoms with Crippen LogP contribution in [-0.4, -0.2) is 16.2 Å². The van der Waals surface area contributed by atoms with Crippen molar-refractivity contribution in [1.82, 2.24) is 10.3 Å². The maximum Gasteiger partial charge on any atom is 0.174 e. The molecule has 0 bridgehead atoms. The molecule has 1 aliphatic heterocycles. The lowest BCUT2D eigenvalue weighted by Crippen LogP contribution is -2.29. The Kier molecular flexibility index (Phi) is 6.56. The summed E-state index contributed by atoms with van der Waals surface area (Å²) in [6.45, 7) is 4.03. The van der Waals surface area contributed by atoms with Crippen LogP contribution < -0.4 is 15.0 Å². The fourth-order valence-electron chi connectivity index (χ4n) is 4.03. The van der Waals surface area contributed by atoms with E-state index in [0.29, 0.717) is 5.11 Å². The monoisotopic (exact) mass is 487 g/mol. The zero-order valence-electron chi connectivity index (χ0n) is 18.9. The first kappa shape index (κ1) is 22.5. The molecule has 2 atom stereocenters. The van der Waals surface area contributed by atoms with E-state index in [4.69, 9.17) is 21.4 Å². The van der Waals surface area contributed by atoms with Crippen molar-refractivity contribution in [2.45, 2.75) is 42.0 Å². The number of hydrogen-bond acceptors (Lipinski definition) is 5. The lowest BCUT2D eigenvalue weighted by atomic mass is 10.0. The molecule has 7 heteroatoms. The smallest absolute Gasteiger partial charge is 0.174 e. The fourth-order valence-corrected chi connectivity index (χ4v) is 5.18. The molecule has 34 heavy (non-hydrogen) atoms. The highest BCUT2D eigenvalue weighted by Gasteiger charge is 2.42. The van der Waals surface area contributed by atoms with Crippen LogP contribution in [0.4, 0.5) is 5.69 Å². The number of hydrogen-bond donors (Lipinski definition) is 1. The number of ether oxygens (including phenoxy) is 1. The highest BCUT2D eigenvalue weighted by molar-refractivity contribution is 7.99.